The standard InChI is InChI=1S/C15H13BrN2O/c1-11-6-5-9-13(10-11)17-18-15(16)14(19)12-7-3-2-4-8-12/h2-10,17H,1H3/b18-15-. The van der Waals surface area contributed by atoms with Crippen LogP contribution in [0.2, 0.25) is 0 Å². The van der Waals surface area contributed by atoms with Gasteiger partial charge in [-0.1, -0.05) is 42.5 Å². The molecule has 0 saturated heterocycles. The van der Waals surface area contributed by atoms with E-state index in [9.17, 15) is 4.79 Å². The van der Waals surface area contributed by atoms with Gasteiger partial charge in [-0.05, 0) is 40.5 Å². The lowest BCUT2D eigenvalue weighted by atomic mass is 10.1. The highest BCUT2D eigenvalue weighted by molar-refractivity contribution is 9.19. The molecule has 0 unspecified atom stereocenters. The summed E-state index contributed by atoms with van der Waals surface area (Å²) in [5.74, 6) is -0.152. The Morgan fingerprint density at radius 3 is 2.53 bits per heavy atom. The second-order valence-electron chi connectivity index (χ2n) is 4.08. The van der Waals surface area contributed by atoms with Gasteiger partial charge in [-0.2, -0.15) is 5.10 Å². The Morgan fingerprint density at radius 2 is 1.84 bits per heavy atom. The lowest BCUT2D eigenvalue weighted by Crippen LogP contribution is -2.09. The van der Waals surface area contributed by atoms with E-state index in [0.29, 0.717) is 5.56 Å². The Kier molecular flexibility index (Phi) is 4.47. The van der Waals surface area contributed by atoms with Crippen molar-refractivity contribution in [1.29, 1.82) is 0 Å². The number of hydrogen-bond donors (Lipinski definition) is 1. The number of rotatable bonds is 4. The van der Waals surface area contributed by atoms with Gasteiger partial charge < -0.3 is 0 Å². The van der Waals surface area contributed by atoms with Crippen LogP contribution in [0, 0.1) is 6.92 Å². The highest BCUT2D eigenvalue weighted by atomic mass is 79.9. The summed E-state index contributed by atoms with van der Waals surface area (Å²) in [4.78, 5) is 12.0. The molecule has 0 spiro atoms. The molecule has 0 aliphatic carbocycles. The van der Waals surface area contributed by atoms with E-state index in [1.165, 1.54) is 0 Å². The minimum atomic E-state index is -0.152. The highest BCUT2D eigenvalue weighted by Gasteiger charge is 2.10. The first kappa shape index (κ1) is 13.5. The van der Waals surface area contributed by atoms with Crippen molar-refractivity contribution in [3.8, 4) is 0 Å². The molecule has 0 radical (unpaired) electrons. The van der Waals surface area contributed by atoms with Crippen molar-refractivity contribution in [1.82, 2.24) is 0 Å². The smallest absolute Gasteiger partial charge is 0.220 e. The summed E-state index contributed by atoms with van der Waals surface area (Å²) in [6.45, 7) is 2.00. The van der Waals surface area contributed by atoms with Gasteiger partial charge in [0.25, 0.3) is 0 Å². The molecule has 2 aromatic carbocycles. The molecule has 4 heteroatoms. The molecule has 0 bridgehead atoms. The van der Waals surface area contributed by atoms with Crippen LogP contribution in [-0.4, -0.2) is 10.4 Å². The number of nitrogens with zero attached hydrogens (tertiary/aromatic N) is 1. The molecule has 96 valence electrons. The third-order valence-corrected chi connectivity index (χ3v) is 3.06. The van der Waals surface area contributed by atoms with Crippen molar-refractivity contribution < 1.29 is 4.79 Å². The molecule has 0 amide bonds. The Morgan fingerprint density at radius 1 is 1.11 bits per heavy atom. The van der Waals surface area contributed by atoms with Crippen molar-refractivity contribution in [2.75, 3.05) is 5.43 Å². The molecule has 2 rings (SSSR count). The number of carbonyl (C=O) groups excluding carboxylic acids is 1. The molecular formula is C15H13BrN2O. The molecule has 0 atom stereocenters. The van der Waals surface area contributed by atoms with Gasteiger partial charge in [0.15, 0.2) is 4.62 Å². The maximum Gasteiger partial charge on any atom is 0.220 e. The van der Waals surface area contributed by atoms with Gasteiger partial charge in [-0.3, -0.25) is 10.2 Å². The minimum Gasteiger partial charge on any atom is -0.286 e. The predicted molar refractivity (Wildman–Crippen MR) is 81.9 cm³/mol. The molecule has 0 aromatic heterocycles. The van der Waals surface area contributed by atoms with E-state index in [-0.39, 0.29) is 10.4 Å². The molecule has 3 nitrogen and oxygen atoms in total. The first-order valence-electron chi connectivity index (χ1n) is 5.82. The van der Waals surface area contributed by atoms with Crippen molar-refractivity contribution >= 4 is 32.0 Å². The van der Waals surface area contributed by atoms with Crippen LogP contribution < -0.4 is 5.43 Å². The summed E-state index contributed by atoms with van der Waals surface area (Å²) < 4.78 is 0.250. The van der Waals surface area contributed by atoms with Gasteiger partial charge in [-0.15, -0.1) is 0 Å². The zero-order valence-corrected chi connectivity index (χ0v) is 12.0. The van der Waals surface area contributed by atoms with Crippen LogP contribution in [-0.2, 0) is 0 Å². The SMILES string of the molecule is Cc1cccc(N/N=C(\Br)C(=O)c2ccccc2)c1. The topological polar surface area (TPSA) is 41.5 Å². The Bertz CT molecular complexity index is 609. The van der Waals surface area contributed by atoms with Crippen LogP contribution in [0.15, 0.2) is 59.7 Å². The minimum absolute atomic E-state index is 0.152. The van der Waals surface area contributed by atoms with Crippen molar-refractivity contribution in [3.63, 3.8) is 0 Å². The van der Waals surface area contributed by atoms with E-state index in [1.807, 2.05) is 49.4 Å². The Hall–Kier alpha value is -1.94. The largest absolute Gasteiger partial charge is 0.286 e. The van der Waals surface area contributed by atoms with E-state index >= 15 is 0 Å². The molecule has 0 aliphatic rings. The van der Waals surface area contributed by atoms with E-state index in [2.05, 4.69) is 26.5 Å². The maximum atomic E-state index is 12.0. The van der Waals surface area contributed by atoms with E-state index in [1.54, 1.807) is 12.1 Å². The molecule has 2 aromatic rings. The molecule has 0 saturated carbocycles. The lowest BCUT2D eigenvalue weighted by Gasteiger charge is -2.03. The van der Waals surface area contributed by atoms with Crippen molar-refractivity contribution in [2.24, 2.45) is 5.10 Å². The summed E-state index contributed by atoms with van der Waals surface area (Å²) >= 11 is 3.19. The highest BCUT2D eigenvalue weighted by Crippen LogP contribution is 2.11. The van der Waals surface area contributed by atoms with Gasteiger partial charge in [0.1, 0.15) is 0 Å². The molecule has 0 fully saturated rings. The second kappa shape index (κ2) is 6.29. The fourth-order valence-corrected chi connectivity index (χ4v) is 1.91. The van der Waals surface area contributed by atoms with Crippen molar-refractivity contribution in [2.45, 2.75) is 6.92 Å². The number of aryl methyl sites for hydroxylation is 1. The summed E-state index contributed by atoms with van der Waals surface area (Å²) in [7, 11) is 0. The van der Waals surface area contributed by atoms with Gasteiger partial charge in [0, 0.05) is 5.56 Å². The number of anilines is 1. The number of Topliss-reactive ketones (excluding diaryl/α,β-unsaturated/α-hetero) is 1. The number of halogens is 1. The third kappa shape index (κ3) is 3.76. The molecule has 0 heterocycles. The quantitative estimate of drug-likeness (QED) is 0.526. The van der Waals surface area contributed by atoms with Crippen LogP contribution in [0.25, 0.3) is 0 Å². The number of hydrazone groups is 1. The maximum absolute atomic E-state index is 12.0. The first-order chi connectivity index (χ1) is 9.16. The zero-order chi connectivity index (χ0) is 13.7. The van der Waals surface area contributed by atoms with Crippen LogP contribution in [0.3, 0.4) is 0 Å². The number of ketones is 1. The fraction of sp³-hybridized carbons (Fsp3) is 0.0667. The van der Waals surface area contributed by atoms with Crippen LogP contribution in [0.5, 0.6) is 0 Å². The summed E-state index contributed by atoms with van der Waals surface area (Å²) in [5.41, 5.74) is 5.43. The Balaban J connectivity index is 2.09. The summed E-state index contributed by atoms with van der Waals surface area (Å²) in [6, 6.07) is 16.8. The summed E-state index contributed by atoms with van der Waals surface area (Å²) in [5, 5.41) is 4.05. The molecular weight excluding hydrogens is 304 g/mol. The Labute approximate surface area is 120 Å². The van der Waals surface area contributed by atoms with Crippen molar-refractivity contribution in [3.05, 3.63) is 65.7 Å². The number of nitrogens with one attached hydrogen (secondary N) is 1. The van der Waals surface area contributed by atoms with E-state index in [0.717, 1.165) is 11.3 Å². The first-order valence-corrected chi connectivity index (χ1v) is 6.62. The lowest BCUT2D eigenvalue weighted by molar-refractivity contribution is 0.106. The average molecular weight is 317 g/mol. The van der Waals surface area contributed by atoms with Crippen LogP contribution in [0.1, 0.15) is 15.9 Å². The summed E-state index contributed by atoms with van der Waals surface area (Å²) in [6.07, 6.45) is 0. The predicted octanol–water partition coefficient (Wildman–Crippen LogP) is 4.00. The van der Waals surface area contributed by atoms with E-state index < -0.39 is 0 Å². The third-order valence-electron chi connectivity index (χ3n) is 2.52. The molecule has 19 heavy (non-hydrogen) atoms. The normalized spacial score (nSPS) is 11.2. The van der Waals surface area contributed by atoms with Gasteiger partial charge in [0.2, 0.25) is 5.78 Å². The number of benzene rings is 2. The zero-order valence-electron chi connectivity index (χ0n) is 10.4. The average Bonchev–Trinajstić information content (AvgIpc) is 2.45. The van der Waals surface area contributed by atoms with Gasteiger partial charge in [0.05, 0.1) is 5.69 Å². The molecule has 1 N–H and O–H groups in total. The second-order valence-corrected chi connectivity index (χ2v) is 4.83. The van der Waals surface area contributed by atoms with Crippen LogP contribution >= 0.6 is 15.9 Å². The van der Waals surface area contributed by atoms with E-state index in [4.69, 9.17) is 0 Å². The van der Waals surface area contributed by atoms with Gasteiger partial charge in [-0.25, -0.2) is 0 Å². The monoisotopic (exact) mass is 316 g/mol. The molecule has 0 aliphatic heterocycles. The van der Waals surface area contributed by atoms with Crippen LogP contribution in [0.4, 0.5) is 5.69 Å². The van der Waals surface area contributed by atoms with Gasteiger partial charge >= 0.3 is 0 Å². The number of hydrogen-bond acceptors (Lipinski definition) is 3. The number of carbonyl (C=O) groups is 1. The fourth-order valence-electron chi connectivity index (χ4n) is 1.59.